The third-order valence-corrected chi connectivity index (χ3v) is 3.32. The molecule has 1 aromatic carbocycles. The van der Waals surface area contributed by atoms with Gasteiger partial charge in [0.15, 0.2) is 0 Å². The maximum Gasteiger partial charge on any atom is 0.251 e. The lowest BCUT2D eigenvalue weighted by Crippen LogP contribution is -2.21. The maximum absolute atomic E-state index is 14.1. The number of aryl methyl sites for hydroxylation is 1. The molecule has 1 N–H and O–H groups in total. The molecule has 1 aromatic heterocycles. The number of halogens is 1. The molecule has 2 rings (SSSR count). The summed E-state index contributed by atoms with van der Waals surface area (Å²) < 4.78 is 15.7. The van der Waals surface area contributed by atoms with Gasteiger partial charge in [-0.15, -0.1) is 0 Å². The predicted molar refractivity (Wildman–Crippen MR) is 76.1 cm³/mol. The van der Waals surface area contributed by atoms with E-state index in [2.05, 4.69) is 5.32 Å². The minimum absolute atomic E-state index is 0.0784. The number of fused-ring (bicyclic) bond motifs is 1. The molecule has 0 aliphatic carbocycles. The predicted octanol–water partition coefficient (Wildman–Crippen LogP) is 2.31. The van der Waals surface area contributed by atoms with Gasteiger partial charge in [-0.2, -0.15) is 0 Å². The lowest BCUT2D eigenvalue weighted by Gasteiger charge is -2.13. The van der Waals surface area contributed by atoms with Crippen LogP contribution >= 0.6 is 0 Å². The Morgan fingerprint density at radius 3 is 2.63 bits per heavy atom. The molecule has 0 saturated heterocycles. The van der Waals surface area contributed by atoms with E-state index in [0.717, 1.165) is 17.4 Å². The minimum Gasteiger partial charge on any atom is -0.317 e. The fraction of sp³-hybridized carbons (Fsp3) is 0.400. The highest BCUT2D eigenvalue weighted by atomic mass is 19.1. The van der Waals surface area contributed by atoms with E-state index in [1.807, 2.05) is 13.8 Å². The molecule has 0 aliphatic heterocycles. The first-order valence-electron chi connectivity index (χ1n) is 6.70. The summed E-state index contributed by atoms with van der Waals surface area (Å²) in [5, 5.41) is 4.10. The Labute approximate surface area is 112 Å². The highest BCUT2D eigenvalue weighted by Gasteiger charge is 2.11. The van der Waals surface area contributed by atoms with Crippen molar-refractivity contribution in [2.24, 2.45) is 0 Å². The van der Waals surface area contributed by atoms with Crippen LogP contribution in [0.5, 0.6) is 0 Å². The Hall–Kier alpha value is -1.68. The molecule has 0 atom stereocenters. The van der Waals surface area contributed by atoms with E-state index >= 15 is 0 Å². The summed E-state index contributed by atoms with van der Waals surface area (Å²) >= 11 is 0. The van der Waals surface area contributed by atoms with Gasteiger partial charge in [0.2, 0.25) is 0 Å². The largest absolute Gasteiger partial charge is 0.317 e. The molecule has 0 bridgehead atoms. The van der Waals surface area contributed by atoms with Crippen LogP contribution in [0.2, 0.25) is 0 Å². The Bertz CT molecular complexity index is 634. The summed E-state index contributed by atoms with van der Waals surface area (Å²) in [7, 11) is 0. The van der Waals surface area contributed by atoms with Gasteiger partial charge in [0, 0.05) is 18.2 Å². The number of nitrogens with zero attached hydrogens (tertiary/aromatic N) is 1. The van der Waals surface area contributed by atoms with E-state index in [1.54, 1.807) is 16.7 Å². The molecule has 102 valence electrons. The lowest BCUT2D eigenvalue weighted by molar-refractivity contribution is 0.600. The molecule has 19 heavy (non-hydrogen) atoms. The molecule has 0 saturated carbocycles. The van der Waals surface area contributed by atoms with Gasteiger partial charge in [-0.1, -0.05) is 6.92 Å². The molecule has 0 fully saturated rings. The molecule has 0 spiro atoms. The fourth-order valence-corrected chi connectivity index (χ4v) is 2.39. The van der Waals surface area contributed by atoms with Crippen LogP contribution in [0.25, 0.3) is 10.9 Å². The van der Waals surface area contributed by atoms with E-state index in [4.69, 9.17) is 0 Å². The average Bonchev–Trinajstić information content (AvgIpc) is 2.41. The number of pyridine rings is 1. The van der Waals surface area contributed by atoms with Crippen LogP contribution in [0.3, 0.4) is 0 Å². The van der Waals surface area contributed by atoms with Crippen LogP contribution in [-0.2, 0) is 13.0 Å². The lowest BCUT2D eigenvalue weighted by atomic mass is 10.1. The first-order chi connectivity index (χ1) is 9.19. The minimum atomic E-state index is -0.238. The van der Waals surface area contributed by atoms with Crippen LogP contribution in [0, 0.1) is 5.82 Å². The third-order valence-electron chi connectivity index (χ3n) is 3.32. The number of benzene rings is 1. The van der Waals surface area contributed by atoms with Gasteiger partial charge in [0.1, 0.15) is 5.82 Å². The second-order valence-electron chi connectivity index (χ2n) is 4.48. The van der Waals surface area contributed by atoms with Gasteiger partial charge in [-0.05, 0) is 50.0 Å². The molecular formula is C15H19FN2O. The molecule has 0 aliphatic rings. The zero-order chi connectivity index (χ0) is 13.8. The van der Waals surface area contributed by atoms with E-state index in [1.165, 1.54) is 12.1 Å². The van der Waals surface area contributed by atoms with Crippen LogP contribution in [0.1, 0.15) is 19.4 Å². The Morgan fingerprint density at radius 2 is 1.95 bits per heavy atom. The summed E-state index contributed by atoms with van der Waals surface area (Å²) in [6, 6.07) is 6.51. The van der Waals surface area contributed by atoms with Gasteiger partial charge in [-0.3, -0.25) is 4.79 Å². The summed E-state index contributed by atoms with van der Waals surface area (Å²) in [5.74, 6) is -0.238. The van der Waals surface area contributed by atoms with Gasteiger partial charge >= 0.3 is 0 Å². The molecular weight excluding hydrogens is 243 g/mol. The number of likely N-dealkylation sites (N-methyl/N-ethyl adjacent to an activating group) is 1. The van der Waals surface area contributed by atoms with Crippen molar-refractivity contribution in [2.75, 3.05) is 13.1 Å². The fourth-order valence-electron chi connectivity index (χ4n) is 2.39. The topological polar surface area (TPSA) is 34.0 Å². The molecule has 0 radical (unpaired) electrons. The molecule has 0 amide bonds. The molecule has 4 heteroatoms. The van der Waals surface area contributed by atoms with E-state index < -0.39 is 0 Å². The molecule has 2 aromatic rings. The van der Waals surface area contributed by atoms with Crippen molar-refractivity contribution in [1.29, 1.82) is 0 Å². The number of rotatable bonds is 5. The Morgan fingerprint density at radius 1 is 1.21 bits per heavy atom. The Kier molecular flexibility index (Phi) is 4.32. The molecule has 3 nitrogen and oxygen atoms in total. The van der Waals surface area contributed by atoms with Crippen LogP contribution in [0.4, 0.5) is 4.39 Å². The zero-order valence-corrected chi connectivity index (χ0v) is 11.4. The normalized spacial score (nSPS) is 11.1. The number of aromatic nitrogens is 1. The highest BCUT2D eigenvalue weighted by molar-refractivity contribution is 5.82. The van der Waals surface area contributed by atoms with E-state index in [0.29, 0.717) is 25.1 Å². The van der Waals surface area contributed by atoms with Gasteiger partial charge in [0.25, 0.3) is 5.56 Å². The first-order valence-corrected chi connectivity index (χ1v) is 6.70. The highest BCUT2D eigenvalue weighted by Crippen LogP contribution is 2.21. The van der Waals surface area contributed by atoms with Crippen molar-refractivity contribution >= 4 is 10.9 Å². The number of hydrogen-bond acceptors (Lipinski definition) is 2. The third kappa shape index (κ3) is 2.68. The number of nitrogens with one attached hydrogen (secondary N) is 1. The van der Waals surface area contributed by atoms with Gasteiger partial charge in [-0.25, -0.2) is 4.39 Å². The van der Waals surface area contributed by atoms with Crippen LogP contribution in [0.15, 0.2) is 29.1 Å². The van der Waals surface area contributed by atoms with E-state index in [9.17, 15) is 9.18 Å². The van der Waals surface area contributed by atoms with Crippen LogP contribution in [-0.4, -0.2) is 17.7 Å². The van der Waals surface area contributed by atoms with Crippen LogP contribution < -0.4 is 10.9 Å². The van der Waals surface area contributed by atoms with E-state index in [-0.39, 0.29) is 11.4 Å². The molecule has 0 unspecified atom stereocenters. The van der Waals surface area contributed by atoms with Crippen molar-refractivity contribution in [3.63, 3.8) is 0 Å². The van der Waals surface area contributed by atoms with Gasteiger partial charge in [0.05, 0.1) is 5.52 Å². The second-order valence-corrected chi connectivity index (χ2v) is 4.48. The molecule has 1 heterocycles. The zero-order valence-electron chi connectivity index (χ0n) is 11.4. The summed E-state index contributed by atoms with van der Waals surface area (Å²) in [5.41, 5.74) is 1.27. The van der Waals surface area contributed by atoms with Crippen molar-refractivity contribution < 1.29 is 4.39 Å². The maximum atomic E-state index is 14.1. The summed E-state index contributed by atoms with van der Waals surface area (Å²) in [6.45, 7) is 6.03. The number of hydrogen-bond donors (Lipinski definition) is 1. The standard InChI is InChI=1S/C15H19FN2O/c1-3-17-10-9-12-13(16)7-5-11-6-8-14(19)18(4-2)15(11)12/h5-8,17H,3-4,9-10H2,1-2H3. The van der Waals surface area contributed by atoms with Crippen molar-refractivity contribution in [2.45, 2.75) is 26.8 Å². The van der Waals surface area contributed by atoms with Crippen molar-refractivity contribution in [1.82, 2.24) is 9.88 Å². The monoisotopic (exact) mass is 262 g/mol. The van der Waals surface area contributed by atoms with Gasteiger partial charge < -0.3 is 9.88 Å². The first kappa shape index (κ1) is 13.7. The van der Waals surface area contributed by atoms with Crippen molar-refractivity contribution in [3.05, 3.63) is 46.0 Å². The average molecular weight is 262 g/mol. The Balaban J connectivity index is 2.61. The second kappa shape index (κ2) is 5.97. The summed E-state index contributed by atoms with van der Waals surface area (Å²) in [4.78, 5) is 11.9. The summed E-state index contributed by atoms with van der Waals surface area (Å²) in [6.07, 6.45) is 0.584. The van der Waals surface area contributed by atoms with Crippen molar-refractivity contribution in [3.8, 4) is 0 Å². The quantitative estimate of drug-likeness (QED) is 0.839. The smallest absolute Gasteiger partial charge is 0.251 e. The SMILES string of the molecule is CCNCCc1c(F)ccc2ccc(=O)n(CC)c12.